The first-order chi connectivity index (χ1) is 12.0. The third-order valence-electron chi connectivity index (χ3n) is 4.32. The minimum absolute atomic E-state index is 0.221. The lowest BCUT2D eigenvalue weighted by atomic mass is 9.95. The summed E-state index contributed by atoms with van der Waals surface area (Å²) in [5.74, 6) is -1.15. The summed E-state index contributed by atoms with van der Waals surface area (Å²) in [6.45, 7) is 3.75. The molecule has 1 amide bonds. The van der Waals surface area contributed by atoms with Gasteiger partial charge in [-0.15, -0.1) is 0 Å². The molecule has 0 saturated heterocycles. The number of hydrogen-bond acceptors (Lipinski definition) is 3. The topological polar surface area (TPSA) is 55.4 Å². The predicted octanol–water partition coefficient (Wildman–Crippen LogP) is 3.76. The van der Waals surface area contributed by atoms with Crippen LogP contribution in [0.25, 0.3) is 11.1 Å². The lowest BCUT2D eigenvalue weighted by Crippen LogP contribution is -2.43. The van der Waals surface area contributed by atoms with Crippen LogP contribution in [0.5, 0.6) is 0 Å². The van der Waals surface area contributed by atoms with Crippen molar-refractivity contribution in [3.8, 4) is 11.1 Å². The number of nitrogens with one attached hydrogen (secondary N) is 1. The van der Waals surface area contributed by atoms with E-state index in [-0.39, 0.29) is 12.3 Å². The van der Waals surface area contributed by atoms with Gasteiger partial charge in [-0.05, 0) is 26.7 Å². The summed E-state index contributed by atoms with van der Waals surface area (Å²) in [5.41, 5.74) is 4.00. The van der Waals surface area contributed by atoms with Crippen LogP contribution in [0, 0.1) is 0 Å². The van der Waals surface area contributed by atoms with E-state index in [0.29, 0.717) is 4.48 Å². The number of hydrogen-bond donors (Lipinski definition) is 1. The smallest absolute Gasteiger partial charge is 0.328 e. The SMILES string of the molecule is C=C(Br)C[C@@H](NC(=O)C1c2ccccc2-c2ccccc21)C(=O)OC. The lowest BCUT2D eigenvalue weighted by Gasteiger charge is -2.20. The van der Waals surface area contributed by atoms with Crippen LogP contribution in [-0.2, 0) is 14.3 Å². The van der Waals surface area contributed by atoms with Crippen LogP contribution in [0.4, 0.5) is 0 Å². The van der Waals surface area contributed by atoms with Crippen LogP contribution in [0.3, 0.4) is 0 Å². The highest BCUT2D eigenvalue weighted by Gasteiger charge is 2.35. The Morgan fingerprint density at radius 3 is 2.12 bits per heavy atom. The van der Waals surface area contributed by atoms with Gasteiger partial charge in [0.25, 0.3) is 0 Å². The van der Waals surface area contributed by atoms with Gasteiger partial charge < -0.3 is 10.1 Å². The van der Waals surface area contributed by atoms with Crippen LogP contribution in [-0.4, -0.2) is 25.0 Å². The molecule has 1 atom stereocenters. The van der Waals surface area contributed by atoms with Gasteiger partial charge in [0.05, 0.1) is 13.0 Å². The van der Waals surface area contributed by atoms with Gasteiger partial charge >= 0.3 is 5.97 Å². The standard InChI is InChI=1S/C20H18BrNO3/c1-12(21)11-17(20(24)25-2)22-19(23)18-15-9-5-3-7-13(15)14-8-4-6-10-16(14)18/h3-10,17-18H,1,11H2,2H3,(H,22,23)/t17-/m1/s1. The second-order valence-corrected chi connectivity index (χ2v) is 7.03. The van der Waals surface area contributed by atoms with Crippen molar-refractivity contribution in [3.05, 3.63) is 70.7 Å². The highest BCUT2D eigenvalue weighted by Crippen LogP contribution is 2.44. The van der Waals surface area contributed by atoms with E-state index < -0.39 is 17.9 Å². The molecule has 4 nitrogen and oxygen atoms in total. The highest BCUT2D eigenvalue weighted by molar-refractivity contribution is 9.11. The van der Waals surface area contributed by atoms with E-state index in [0.717, 1.165) is 22.3 Å². The number of halogens is 1. The van der Waals surface area contributed by atoms with E-state index in [2.05, 4.69) is 27.8 Å². The Balaban J connectivity index is 1.94. The van der Waals surface area contributed by atoms with Gasteiger partial charge in [0, 0.05) is 6.42 Å². The minimum atomic E-state index is -0.774. The molecule has 25 heavy (non-hydrogen) atoms. The van der Waals surface area contributed by atoms with Gasteiger partial charge in [-0.2, -0.15) is 0 Å². The summed E-state index contributed by atoms with van der Waals surface area (Å²) in [6, 6.07) is 14.9. The van der Waals surface area contributed by atoms with Crippen LogP contribution < -0.4 is 5.32 Å². The number of carbonyl (C=O) groups is 2. The number of amides is 1. The Morgan fingerprint density at radius 2 is 1.64 bits per heavy atom. The number of esters is 1. The van der Waals surface area contributed by atoms with Gasteiger partial charge in [0.1, 0.15) is 6.04 Å². The normalized spacial score (nSPS) is 13.5. The van der Waals surface area contributed by atoms with Gasteiger partial charge in [0.2, 0.25) is 5.91 Å². The molecule has 0 radical (unpaired) electrons. The van der Waals surface area contributed by atoms with Crippen molar-refractivity contribution >= 4 is 27.8 Å². The Morgan fingerprint density at radius 1 is 1.12 bits per heavy atom. The fourth-order valence-corrected chi connectivity index (χ4v) is 3.57. The molecule has 2 aromatic rings. The third kappa shape index (κ3) is 3.37. The van der Waals surface area contributed by atoms with Gasteiger partial charge in [-0.25, -0.2) is 4.79 Å². The summed E-state index contributed by atoms with van der Waals surface area (Å²) in [6.07, 6.45) is 0.272. The summed E-state index contributed by atoms with van der Waals surface area (Å²) < 4.78 is 5.42. The van der Waals surface area contributed by atoms with Crippen LogP contribution in [0.1, 0.15) is 23.5 Å². The number of fused-ring (bicyclic) bond motifs is 3. The van der Waals surface area contributed by atoms with E-state index >= 15 is 0 Å². The zero-order valence-electron chi connectivity index (χ0n) is 13.8. The Kier molecular flexibility index (Phi) is 5.04. The Labute approximate surface area is 155 Å². The predicted molar refractivity (Wildman–Crippen MR) is 100 cm³/mol. The first kappa shape index (κ1) is 17.4. The summed E-state index contributed by atoms with van der Waals surface area (Å²) in [4.78, 5) is 25.0. The fourth-order valence-electron chi connectivity index (χ4n) is 3.25. The van der Waals surface area contributed by atoms with Crippen LogP contribution >= 0.6 is 15.9 Å². The molecule has 1 N–H and O–H groups in total. The summed E-state index contributed by atoms with van der Waals surface area (Å²) in [5, 5.41) is 2.82. The quantitative estimate of drug-likeness (QED) is 0.778. The van der Waals surface area contributed by atoms with Gasteiger partial charge in [-0.1, -0.05) is 71.0 Å². The summed E-state index contributed by atoms with van der Waals surface area (Å²) >= 11 is 3.24. The van der Waals surface area contributed by atoms with Crippen molar-refractivity contribution in [2.75, 3.05) is 7.11 Å². The van der Waals surface area contributed by atoms with E-state index in [1.54, 1.807) is 0 Å². The fraction of sp³-hybridized carbons (Fsp3) is 0.200. The number of carbonyl (C=O) groups excluding carboxylic acids is 2. The number of benzene rings is 2. The van der Waals surface area contributed by atoms with Crippen molar-refractivity contribution in [3.63, 3.8) is 0 Å². The first-order valence-corrected chi connectivity index (χ1v) is 8.72. The third-order valence-corrected chi connectivity index (χ3v) is 4.65. The zero-order valence-corrected chi connectivity index (χ0v) is 15.4. The maximum Gasteiger partial charge on any atom is 0.328 e. The number of rotatable bonds is 5. The van der Waals surface area contributed by atoms with Crippen molar-refractivity contribution in [2.45, 2.75) is 18.4 Å². The second-order valence-electron chi connectivity index (χ2n) is 5.91. The molecule has 0 aromatic heterocycles. The number of methoxy groups -OCH3 is 1. The molecule has 0 bridgehead atoms. The van der Waals surface area contributed by atoms with E-state index in [1.807, 2.05) is 48.5 Å². The average molecular weight is 400 g/mol. The molecule has 0 unspecified atom stereocenters. The molecule has 1 aliphatic rings. The maximum absolute atomic E-state index is 13.0. The van der Waals surface area contributed by atoms with Crippen molar-refractivity contribution < 1.29 is 14.3 Å². The molecule has 0 spiro atoms. The molecule has 2 aromatic carbocycles. The molecule has 128 valence electrons. The second kappa shape index (κ2) is 7.23. The lowest BCUT2D eigenvalue weighted by molar-refractivity contribution is -0.145. The zero-order chi connectivity index (χ0) is 18.0. The largest absolute Gasteiger partial charge is 0.467 e. The van der Waals surface area contributed by atoms with Gasteiger partial charge in [-0.3, -0.25) is 4.79 Å². The Bertz CT molecular complexity index is 801. The molecule has 5 heteroatoms. The molecule has 3 rings (SSSR count). The van der Waals surface area contributed by atoms with Crippen LogP contribution in [0.15, 0.2) is 59.6 Å². The van der Waals surface area contributed by atoms with E-state index in [9.17, 15) is 9.59 Å². The Hall–Kier alpha value is -2.40. The molecule has 1 aliphatic carbocycles. The molecule has 0 saturated carbocycles. The van der Waals surface area contributed by atoms with Crippen LogP contribution in [0.2, 0.25) is 0 Å². The minimum Gasteiger partial charge on any atom is -0.467 e. The molecule has 0 heterocycles. The highest BCUT2D eigenvalue weighted by atomic mass is 79.9. The summed E-state index contributed by atoms with van der Waals surface area (Å²) in [7, 11) is 1.30. The number of ether oxygens (including phenoxy) is 1. The monoisotopic (exact) mass is 399 g/mol. The van der Waals surface area contributed by atoms with E-state index in [4.69, 9.17) is 4.74 Å². The van der Waals surface area contributed by atoms with Crippen molar-refractivity contribution in [1.82, 2.24) is 5.32 Å². The molecular weight excluding hydrogens is 382 g/mol. The maximum atomic E-state index is 13.0. The van der Waals surface area contributed by atoms with E-state index in [1.165, 1.54) is 7.11 Å². The molecule has 0 aliphatic heterocycles. The average Bonchev–Trinajstić information content (AvgIpc) is 2.94. The van der Waals surface area contributed by atoms with Crippen molar-refractivity contribution in [2.24, 2.45) is 0 Å². The molecule has 0 fully saturated rings. The van der Waals surface area contributed by atoms with Gasteiger partial charge in [0.15, 0.2) is 0 Å². The van der Waals surface area contributed by atoms with Crippen molar-refractivity contribution in [1.29, 1.82) is 0 Å². The molecular formula is C20H18BrNO3. The first-order valence-electron chi connectivity index (χ1n) is 7.92.